The molecule has 2 aliphatic carbocycles. The minimum atomic E-state index is -0.271. The van der Waals surface area contributed by atoms with E-state index >= 15 is 0 Å². The molecule has 2 atom stereocenters. The largest absolute Gasteiger partial charge is 0.353 e. The van der Waals surface area contributed by atoms with E-state index in [1.807, 2.05) is 6.07 Å². The van der Waals surface area contributed by atoms with Crippen LogP contribution in [0.25, 0.3) is 11.4 Å². The summed E-state index contributed by atoms with van der Waals surface area (Å²) in [6.45, 7) is 1.77. The molecule has 2 aliphatic rings. The van der Waals surface area contributed by atoms with E-state index in [1.54, 1.807) is 25.4 Å². The van der Waals surface area contributed by atoms with Crippen LogP contribution >= 0.6 is 24.8 Å². The maximum Gasteiger partial charge on any atom is 0.255 e. The van der Waals surface area contributed by atoms with Crippen LogP contribution in [0.15, 0.2) is 29.3 Å². The number of nitrogens with one attached hydrogen (secondary N) is 2. The molecule has 164 valence electrons. The summed E-state index contributed by atoms with van der Waals surface area (Å²) < 4.78 is 0. The Morgan fingerprint density at radius 1 is 1.27 bits per heavy atom. The first-order valence-electron chi connectivity index (χ1n) is 10.1. The first kappa shape index (κ1) is 24.3. The summed E-state index contributed by atoms with van der Waals surface area (Å²) in [4.78, 5) is 36.6. The fourth-order valence-electron chi connectivity index (χ4n) is 4.88. The third kappa shape index (κ3) is 5.20. The Morgan fingerprint density at radius 3 is 2.57 bits per heavy atom. The Morgan fingerprint density at radius 2 is 1.97 bits per heavy atom. The van der Waals surface area contributed by atoms with E-state index in [0.29, 0.717) is 28.9 Å². The lowest BCUT2D eigenvalue weighted by atomic mass is 9.67. The minimum absolute atomic E-state index is 0. The van der Waals surface area contributed by atoms with Crippen molar-refractivity contribution < 1.29 is 4.79 Å². The van der Waals surface area contributed by atoms with Gasteiger partial charge in [0, 0.05) is 41.3 Å². The van der Waals surface area contributed by atoms with Gasteiger partial charge in [0.2, 0.25) is 5.91 Å². The molecule has 4 rings (SSSR count). The predicted molar refractivity (Wildman–Crippen MR) is 121 cm³/mol. The highest BCUT2D eigenvalue weighted by molar-refractivity contribution is 5.85. The number of fused-ring (bicyclic) bond motifs is 2. The van der Waals surface area contributed by atoms with Crippen LogP contribution in [-0.2, 0) is 11.2 Å². The van der Waals surface area contributed by atoms with Gasteiger partial charge in [-0.2, -0.15) is 0 Å². The summed E-state index contributed by atoms with van der Waals surface area (Å²) in [5.41, 5.74) is 7.63. The first-order valence-corrected chi connectivity index (χ1v) is 10.1. The zero-order chi connectivity index (χ0) is 19.7. The van der Waals surface area contributed by atoms with Gasteiger partial charge in [0.25, 0.3) is 5.56 Å². The molecule has 4 N–H and O–H groups in total. The second kappa shape index (κ2) is 10.4. The van der Waals surface area contributed by atoms with E-state index in [9.17, 15) is 9.59 Å². The van der Waals surface area contributed by atoms with Gasteiger partial charge < -0.3 is 16.0 Å². The SMILES string of the molecule is Cc1nc(-c2cccnc2)[nH]c(=O)c1CC(=O)NC1C2CCCC1CC(N)C2.Cl.Cl. The average Bonchev–Trinajstić information content (AvgIpc) is 2.66. The monoisotopic (exact) mass is 453 g/mol. The van der Waals surface area contributed by atoms with Crippen molar-refractivity contribution in [2.75, 3.05) is 0 Å². The maximum absolute atomic E-state index is 12.7. The smallest absolute Gasteiger partial charge is 0.255 e. The van der Waals surface area contributed by atoms with Crippen LogP contribution in [0.1, 0.15) is 43.4 Å². The molecule has 2 bridgehead atoms. The number of halogens is 2. The number of hydrogen-bond donors (Lipinski definition) is 3. The molecule has 0 aromatic carbocycles. The van der Waals surface area contributed by atoms with E-state index in [-0.39, 0.29) is 54.8 Å². The Bertz CT molecular complexity index is 907. The Kier molecular flexibility index (Phi) is 8.41. The predicted octanol–water partition coefficient (Wildman–Crippen LogP) is 2.55. The molecule has 2 aromatic heterocycles. The number of aromatic amines is 1. The van der Waals surface area contributed by atoms with E-state index < -0.39 is 0 Å². The van der Waals surface area contributed by atoms with Crippen LogP contribution in [0.2, 0.25) is 0 Å². The van der Waals surface area contributed by atoms with Gasteiger partial charge in [-0.05, 0) is 56.6 Å². The summed E-state index contributed by atoms with van der Waals surface area (Å²) in [6.07, 6.45) is 8.77. The van der Waals surface area contributed by atoms with Crippen molar-refractivity contribution in [2.45, 2.75) is 57.5 Å². The number of aromatic nitrogens is 3. The van der Waals surface area contributed by atoms with Crippen molar-refractivity contribution >= 4 is 30.7 Å². The van der Waals surface area contributed by atoms with E-state index in [4.69, 9.17) is 5.73 Å². The Labute approximate surface area is 188 Å². The lowest BCUT2D eigenvalue weighted by molar-refractivity contribution is -0.122. The van der Waals surface area contributed by atoms with Crippen molar-refractivity contribution in [1.82, 2.24) is 20.3 Å². The summed E-state index contributed by atoms with van der Waals surface area (Å²) in [5, 5.41) is 3.21. The third-order valence-corrected chi connectivity index (χ3v) is 6.20. The van der Waals surface area contributed by atoms with Gasteiger partial charge in [0.15, 0.2) is 0 Å². The van der Waals surface area contributed by atoms with Crippen LogP contribution in [0.3, 0.4) is 0 Å². The van der Waals surface area contributed by atoms with Crippen molar-refractivity contribution in [3.63, 3.8) is 0 Å². The van der Waals surface area contributed by atoms with Gasteiger partial charge in [-0.15, -0.1) is 24.8 Å². The summed E-state index contributed by atoms with van der Waals surface area (Å²) in [5.74, 6) is 1.27. The summed E-state index contributed by atoms with van der Waals surface area (Å²) in [6, 6.07) is 4.06. The number of carbonyl (C=O) groups is 1. The zero-order valence-corrected chi connectivity index (χ0v) is 18.6. The molecule has 0 spiro atoms. The van der Waals surface area contributed by atoms with Gasteiger partial charge >= 0.3 is 0 Å². The normalized spacial score (nSPS) is 24.9. The topological polar surface area (TPSA) is 114 Å². The highest BCUT2D eigenvalue weighted by Gasteiger charge is 2.39. The van der Waals surface area contributed by atoms with Crippen LogP contribution in [0, 0.1) is 18.8 Å². The number of hydrogen-bond acceptors (Lipinski definition) is 5. The van der Waals surface area contributed by atoms with Gasteiger partial charge in [-0.1, -0.05) is 6.42 Å². The van der Waals surface area contributed by atoms with E-state index in [2.05, 4.69) is 20.3 Å². The van der Waals surface area contributed by atoms with Crippen LogP contribution < -0.4 is 16.6 Å². The second-order valence-electron chi connectivity index (χ2n) is 8.17. The van der Waals surface area contributed by atoms with Crippen LogP contribution in [0.5, 0.6) is 0 Å². The zero-order valence-electron chi connectivity index (χ0n) is 17.0. The first-order chi connectivity index (χ1) is 13.5. The number of pyridine rings is 1. The molecule has 9 heteroatoms. The number of nitrogens with two attached hydrogens (primary N) is 1. The fourth-order valence-corrected chi connectivity index (χ4v) is 4.88. The average molecular weight is 454 g/mol. The number of H-pyrrole nitrogens is 1. The molecule has 30 heavy (non-hydrogen) atoms. The number of aryl methyl sites for hydroxylation is 1. The Balaban J connectivity index is 0.00000160. The highest BCUT2D eigenvalue weighted by Crippen LogP contribution is 2.39. The Hall–Kier alpha value is -1.96. The van der Waals surface area contributed by atoms with Gasteiger partial charge in [0.1, 0.15) is 5.82 Å². The number of nitrogens with zero attached hydrogens (tertiary/aromatic N) is 2. The van der Waals surface area contributed by atoms with Gasteiger partial charge in [-0.25, -0.2) is 4.98 Å². The molecule has 2 heterocycles. The van der Waals surface area contributed by atoms with Crippen LogP contribution in [-0.4, -0.2) is 32.9 Å². The standard InChI is InChI=1S/C21H27N5O2.2ClH/c1-12-17(21(28)26-20(24-12)15-6-3-7-23-11-15)10-18(27)25-19-13-4-2-5-14(19)9-16(22)8-13;;/h3,6-7,11,13-14,16,19H,2,4-5,8-10,22H2,1H3,(H,25,27)(H,24,26,28);2*1H. The van der Waals surface area contributed by atoms with Crippen LogP contribution in [0.4, 0.5) is 0 Å². The van der Waals surface area contributed by atoms with Crippen molar-refractivity contribution in [1.29, 1.82) is 0 Å². The number of amides is 1. The number of carbonyl (C=O) groups excluding carboxylic acids is 1. The summed E-state index contributed by atoms with van der Waals surface area (Å²) in [7, 11) is 0. The van der Waals surface area contributed by atoms with Gasteiger partial charge in [0.05, 0.1) is 6.42 Å². The molecule has 2 aromatic rings. The molecule has 2 fully saturated rings. The minimum Gasteiger partial charge on any atom is -0.353 e. The molecule has 0 radical (unpaired) electrons. The molecule has 0 saturated heterocycles. The molecule has 1 amide bonds. The molecular formula is C21H29Cl2N5O2. The molecule has 0 aliphatic heterocycles. The van der Waals surface area contributed by atoms with Gasteiger partial charge in [-0.3, -0.25) is 14.6 Å². The molecule has 2 saturated carbocycles. The number of rotatable bonds is 4. The molecule has 2 unspecified atom stereocenters. The summed E-state index contributed by atoms with van der Waals surface area (Å²) >= 11 is 0. The highest BCUT2D eigenvalue weighted by atomic mass is 35.5. The third-order valence-electron chi connectivity index (χ3n) is 6.20. The lowest BCUT2D eigenvalue weighted by Gasteiger charge is -2.45. The fraction of sp³-hybridized carbons (Fsp3) is 0.524. The van der Waals surface area contributed by atoms with Crippen molar-refractivity contribution in [3.8, 4) is 11.4 Å². The maximum atomic E-state index is 12.7. The quantitative estimate of drug-likeness (QED) is 0.657. The van der Waals surface area contributed by atoms with E-state index in [1.165, 1.54) is 6.42 Å². The lowest BCUT2D eigenvalue weighted by Crippen LogP contribution is -2.54. The molecule has 7 nitrogen and oxygen atoms in total. The van der Waals surface area contributed by atoms with E-state index in [0.717, 1.165) is 31.2 Å². The van der Waals surface area contributed by atoms with Crippen molar-refractivity contribution in [2.24, 2.45) is 17.6 Å². The van der Waals surface area contributed by atoms with Crippen molar-refractivity contribution in [3.05, 3.63) is 46.1 Å². The molecular weight excluding hydrogens is 425 g/mol. The second-order valence-corrected chi connectivity index (χ2v) is 8.17.